The quantitative estimate of drug-likeness (QED) is 0.541. The number of hydrogen-bond acceptors (Lipinski definition) is 6. The lowest BCUT2D eigenvalue weighted by Gasteiger charge is -2.37. The summed E-state index contributed by atoms with van der Waals surface area (Å²) in [4.78, 5) is 21.4. The molecule has 0 amide bonds. The Kier molecular flexibility index (Phi) is 4.92. The molecule has 0 aliphatic carbocycles. The molecule has 0 bridgehead atoms. The van der Waals surface area contributed by atoms with Crippen molar-refractivity contribution >= 4 is 16.7 Å². The summed E-state index contributed by atoms with van der Waals surface area (Å²) in [6.45, 7) is 0.954. The van der Waals surface area contributed by atoms with Crippen LogP contribution in [0, 0.1) is 10.1 Å². The van der Waals surface area contributed by atoms with E-state index in [2.05, 4.69) is 35.3 Å². The van der Waals surface area contributed by atoms with Gasteiger partial charge in [-0.2, -0.15) is 0 Å². The highest BCUT2D eigenvalue weighted by atomic mass is 16.6. The molecule has 1 N–H and O–H groups in total. The Hall–Kier alpha value is -3.06. The third-order valence-corrected chi connectivity index (χ3v) is 5.42. The molecule has 4 rings (SSSR count). The molecule has 3 aromatic rings. The lowest BCUT2D eigenvalue weighted by Crippen LogP contribution is -2.45. The summed E-state index contributed by atoms with van der Waals surface area (Å²) in [7, 11) is 0. The largest absolute Gasteiger partial charge is 0.389 e. The Morgan fingerprint density at radius 2 is 1.86 bits per heavy atom. The van der Waals surface area contributed by atoms with E-state index in [1.165, 1.54) is 5.39 Å². The lowest BCUT2D eigenvalue weighted by atomic mass is 9.88. The van der Waals surface area contributed by atoms with Crippen LogP contribution >= 0.6 is 0 Å². The van der Waals surface area contributed by atoms with Crippen molar-refractivity contribution < 1.29 is 10.0 Å². The average molecular weight is 378 g/mol. The van der Waals surface area contributed by atoms with Gasteiger partial charge in [-0.1, -0.05) is 36.4 Å². The molecule has 1 aromatic heterocycles. The predicted molar refractivity (Wildman–Crippen MR) is 108 cm³/mol. The zero-order valence-electron chi connectivity index (χ0n) is 15.5. The van der Waals surface area contributed by atoms with E-state index >= 15 is 0 Å². The number of hydrogen-bond donors (Lipinski definition) is 1. The Labute approximate surface area is 162 Å². The molecule has 28 heavy (non-hydrogen) atoms. The zero-order chi connectivity index (χ0) is 19.6. The highest BCUT2D eigenvalue weighted by molar-refractivity contribution is 5.86. The first-order chi connectivity index (χ1) is 13.5. The molecule has 1 fully saturated rings. The van der Waals surface area contributed by atoms with Crippen molar-refractivity contribution in [2.75, 3.05) is 24.5 Å². The number of anilines is 1. The number of aliphatic hydroxyl groups is 1. The van der Waals surface area contributed by atoms with Gasteiger partial charge < -0.3 is 10.0 Å². The molecule has 2 aromatic carbocycles. The molecular formula is C21H22N4O3. The summed E-state index contributed by atoms with van der Waals surface area (Å²) in [5.41, 5.74) is 0.909. The van der Waals surface area contributed by atoms with Gasteiger partial charge in [-0.25, -0.2) is 9.97 Å². The highest BCUT2D eigenvalue weighted by Gasteiger charge is 2.34. The summed E-state index contributed by atoms with van der Waals surface area (Å²) in [6, 6.07) is 16.4. The number of fused-ring (bicyclic) bond motifs is 1. The van der Waals surface area contributed by atoms with Crippen LogP contribution in [0.25, 0.3) is 22.0 Å². The van der Waals surface area contributed by atoms with Crippen LogP contribution in [0.3, 0.4) is 0 Å². The van der Waals surface area contributed by atoms with Gasteiger partial charge in [-0.3, -0.25) is 10.1 Å². The van der Waals surface area contributed by atoms with Gasteiger partial charge in [-0.15, -0.1) is 0 Å². The molecule has 7 nitrogen and oxygen atoms in total. The SMILES string of the molecule is O=[N+]([O-])CCC1(O)CCN(c2nccc(-c3ccc4ccccc4c3)n2)CC1. The number of nitrogens with zero attached hydrogens (tertiary/aromatic N) is 4. The monoisotopic (exact) mass is 378 g/mol. The first-order valence-electron chi connectivity index (χ1n) is 9.44. The average Bonchev–Trinajstić information content (AvgIpc) is 2.73. The standard InChI is InChI=1S/C21H22N4O3/c26-21(10-14-25(27)28)8-12-24(13-9-21)20-22-11-7-19(23-20)18-6-5-16-3-1-2-4-17(16)15-18/h1-7,11,15,26H,8-10,12-14H2. The second kappa shape index (κ2) is 7.52. The molecule has 2 heterocycles. The summed E-state index contributed by atoms with van der Waals surface area (Å²) >= 11 is 0. The highest BCUT2D eigenvalue weighted by Crippen LogP contribution is 2.29. The van der Waals surface area contributed by atoms with E-state index in [1.807, 2.05) is 23.1 Å². The van der Waals surface area contributed by atoms with Gasteiger partial charge in [0.1, 0.15) is 0 Å². The molecule has 1 aliphatic heterocycles. The van der Waals surface area contributed by atoms with Crippen molar-refractivity contribution in [3.05, 3.63) is 64.8 Å². The van der Waals surface area contributed by atoms with E-state index in [0.29, 0.717) is 31.9 Å². The van der Waals surface area contributed by atoms with E-state index in [1.54, 1.807) is 6.20 Å². The maximum atomic E-state index is 10.6. The van der Waals surface area contributed by atoms with Gasteiger partial charge in [0.25, 0.3) is 0 Å². The van der Waals surface area contributed by atoms with Gasteiger partial charge in [0.15, 0.2) is 0 Å². The van der Waals surface area contributed by atoms with Crippen LogP contribution in [-0.2, 0) is 0 Å². The van der Waals surface area contributed by atoms with Crippen molar-refractivity contribution in [2.45, 2.75) is 24.9 Å². The maximum absolute atomic E-state index is 10.6. The maximum Gasteiger partial charge on any atom is 0.225 e. The van der Waals surface area contributed by atoms with E-state index in [-0.39, 0.29) is 17.9 Å². The number of nitro groups is 1. The van der Waals surface area contributed by atoms with Crippen LogP contribution in [0.15, 0.2) is 54.7 Å². The molecule has 1 saturated heterocycles. The van der Waals surface area contributed by atoms with Gasteiger partial charge in [0.2, 0.25) is 12.5 Å². The molecule has 0 spiro atoms. The molecule has 144 valence electrons. The summed E-state index contributed by atoms with van der Waals surface area (Å²) < 4.78 is 0. The molecule has 0 radical (unpaired) electrons. The van der Waals surface area contributed by atoms with Crippen molar-refractivity contribution in [2.24, 2.45) is 0 Å². The molecule has 0 atom stereocenters. The van der Waals surface area contributed by atoms with Crippen LogP contribution in [0.2, 0.25) is 0 Å². The molecule has 7 heteroatoms. The minimum atomic E-state index is -0.973. The van der Waals surface area contributed by atoms with Crippen LogP contribution in [-0.4, -0.2) is 45.2 Å². The number of aromatic nitrogens is 2. The predicted octanol–water partition coefficient (Wildman–Crippen LogP) is 3.29. The molecule has 0 saturated carbocycles. The van der Waals surface area contributed by atoms with Crippen LogP contribution < -0.4 is 4.90 Å². The lowest BCUT2D eigenvalue weighted by molar-refractivity contribution is -0.483. The van der Waals surface area contributed by atoms with E-state index in [0.717, 1.165) is 16.6 Å². The number of benzene rings is 2. The van der Waals surface area contributed by atoms with E-state index < -0.39 is 5.60 Å². The van der Waals surface area contributed by atoms with Crippen molar-refractivity contribution in [3.63, 3.8) is 0 Å². The number of piperidine rings is 1. The van der Waals surface area contributed by atoms with Gasteiger partial charge in [0.05, 0.1) is 11.3 Å². The van der Waals surface area contributed by atoms with Crippen LogP contribution in [0.1, 0.15) is 19.3 Å². The number of rotatable bonds is 5. The van der Waals surface area contributed by atoms with Crippen LogP contribution in [0.5, 0.6) is 0 Å². The summed E-state index contributed by atoms with van der Waals surface area (Å²) in [5, 5.41) is 23.5. The Balaban J connectivity index is 1.50. The third kappa shape index (κ3) is 3.94. The second-order valence-corrected chi connectivity index (χ2v) is 7.32. The fourth-order valence-corrected chi connectivity index (χ4v) is 3.68. The van der Waals surface area contributed by atoms with Crippen molar-refractivity contribution in [1.29, 1.82) is 0 Å². The second-order valence-electron chi connectivity index (χ2n) is 7.32. The Bertz CT molecular complexity index is 1000. The van der Waals surface area contributed by atoms with Crippen molar-refractivity contribution in [3.8, 4) is 11.3 Å². The molecular weight excluding hydrogens is 356 g/mol. The first kappa shape index (κ1) is 18.3. The van der Waals surface area contributed by atoms with E-state index in [4.69, 9.17) is 4.98 Å². The summed E-state index contributed by atoms with van der Waals surface area (Å²) in [5.74, 6) is 0.627. The minimum absolute atomic E-state index is 0.186. The van der Waals surface area contributed by atoms with E-state index in [9.17, 15) is 15.2 Å². The Morgan fingerprint density at radius 1 is 1.11 bits per heavy atom. The normalized spacial score (nSPS) is 16.2. The van der Waals surface area contributed by atoms with Crippen molar-refractivity contribution in [1.82, 2.24) is 9.97 Å². The zero-order valence-corrected chi connectivity index (χ0v) is 15.5. The summed E-state index contributed by atoms with van der Waals surface area (Å²) in [6.07, 6.45) is 2.89. The fraction of sp³-hybridized carbons (Fsp3) is 0.333. The Morgan fingerprint density at radius 3 is 2.61 bits per heavy atom. The smallest absolute Gasteiger partial charge is 0.225 e. The first-order valence-corrected chi connectivity index (χ1v) is 9.44. The molecule has 0 unspecified atom stereocenters. The van der Waals surface area contributed by atoms with Crippen LogP contribution in [0.4, 0.5) is 5.95 Å². The third-order valence-electron chi connectivity index (χ3n) is 5.42. The fourth-order valence-electron chi connectivity index (χ4n) is 3.68. The minimum Gasteiger partial charge on any atom is -0.389 e. The van der Waals surface area contributed by atoms with Gasteiger partial charge in [0, 0.05) is 36.2 Å². The molecule has 1 aliphatic rings. The topological polar surface area (TPSA) is 92.4 Å². The van der Waals surface area contributed by atoms with Gasteiger partial charge in [-0.05, 0) is 35.7 Å². The van der Waals surface area contributed by atoms with Gasteiger partial charge >= 0.3 is 0 Å².